The van der Waals surface area contributed by atoms with Crippen LogP contribution in [0.3, 0.4) is 0 Å². The minimum atomic E-state index is -0.193. The topological polar surface area (TPSA) is 56.1 Å². The highest BCUT2D eigenvalue weighted by atomic mass is 35.5. The first kappa shape index (κ1) is 18.0. The van der Waals surface area contributed by atoms with Crippen molar-refractivity contribution in [3.05, 3.63) is 47.2 Å². The summed E-state index contributed by atoms with van der Waals surface area (Å²) in [6.07, 6.45) is 6.97. The zero-order valence-electron chi connectivity index (χ0n) is 14.5. The van der Waals surface area contributed by atoms with Crippen LogP contribution in [0.2, 0.25) is 5.02 Å². The van der Waals surface area contributed by atoms with E-state index in [4.69, 9.17) is 16.3 Å². The highest BCUT2D eigenvalue weighted by Gasteiger charge is 2.21. The lowest BCUT2D eigenvalue weighted by atomic mass is 9.88. The zero-order chi connectivity index (χ0) is 17.6. The summed E-state index contributed by atoms with van der Waals surface area (Å²) in [5, 5.41) is 7.80. The van der Waals surface area contributed by atoms with E-state index in [1.165, 1.54) is 19.3 Å². The quantitative estimate of drug-likeness (QED) is 0.795. The Morgan fingerprint density at radius 2 is 2.20 bits per heavy atom. The van der Waals surface area contributed by atoms with Crippen molar-refractivity contribution < 1.29 is 9.53 Å². The first-order chi connectivity index (χ1) is 12.1. The van der Waals surface area contributed by atoms with Gasteiger partial charge in [0.1, 0.15) is 0 Å². The van der Waals surface area contributed by atoms with Crippen molar-refractivity contribution >= 4 is 17.5 Å². The molecule has 1 amide bonds. The molecule has 1 fully saturated rings. The van der Waals surface area contributed by atoms with Crippen molar-refractivity contribution in [2.24, 2.45) is 5.92 Å². The van der Waals surface area contributed by atoms with Gasteiger partial charge in [-0.25, -0.2) is 4.68 Å². The van der Waals surface area contributed by atoms with Gasteiger partial charge >= 0.3 is 0 Å². The summed E-state index contributed by atoms with van der Waals surface area (Å²) >= 11 is 5.99. The molecule has 0 bridgehead atoms. The maximum Gasteiger partial charge on any atom is 0.271 e. The average Bonchev–Trinajstić information content (AvgIpc) is 3.10. The van der Waals surface area contributed by atoms with Crippen LogP contribution in [-0.4, -0.2) is 34.9 Å². The van der Waals surface area contributed by atoms with Crippen molar-refractivity contribution in [3.8, 4) is 5.69 Å². The number of carbonyl (C=O) groups is 1. The summed E-state index contributed by atoms with van der Waals surface area (Å²) < 4.78 is 7.55. The highest BCUT2D eigenvalue weighted by molar-refractivity contribution is 6.30. The molecule has 1 aliphatic carbocycles. The molecule has 0 saturated heterocycles. The first-order valence-electron chi connectivity index (χ1n) is 8.85. The SMILES string of the molecule is CC1CCCCC1OCCNC(=O)c1ccn(-c2cccc(Cl)c2)n1. The van der Waals surface area contributed by atoms with E-state index in [0.29, 0.717) is 35.9 Å². The fourth-order valence-corrected chi connectivity index (χ4v) is 3.39. The highest BCUT2D eigenvalue weighted by Crippen LogP contribution is 2.26. The maximum absolute atomic E-state index is 12.2. The van der Waals surface area contributed by atoms with Crippen LogP contribution < -0.4 is 5.32 Å². The third-order valence-corrected chi connectivity index (χ3v) is 4.88. The second-order valence-electron chi connectivity index (χ2n) is 6.55. The molecule has 1 aromatic carbocycles. The van der Waals surface area contributed by atoms with E-state index in [1.54, 1.807) is 29.1 Å². The van der Waals surface area contributed by atoms with Crippen LogP contribution in [0.15, 0.2) is 36.5 Å². The average molecular weight is 362 g/mol. The van der Waals surface area contributed by atoms with Gasteiger partial charge in [0.05, 0.1) is 18.4 Å². The van der Waals surface area contributed by atoms with Gasteiger partial charge in [0.2, 0.25) is 0 Å². The molecule has 6 heteroatoms. The van der Waals surface area contributed by atoms with E-state index in [-0.39, 0.29) is 5.91 Å². The van der Waals surface area contributed by atoms with E-state index < -0.39 is 0 Å². The Morgan fingerprint density at radius 1 is 1.36 bits per heavy atom. The summed E-state index contributed by atoms with van der Waals surface area (Å²) in [6.45, 7) is 3.27. The summed E-state index contributed by atoms with van der Waals surface area (Å²) in [5.41, 5.74) is 1.20. The summed E-state index contributed by atoms with van der Waals surface area (Å²) in [4.78, 5) is 12.2. The van der Waals surface area contributed by atoms with Crippen molar-refractivity contribution in [2.75, 3.05) is 13.2 Å². The number of halogens is 1. The second kappa shape index (κ2) is 8.50. The van der Waals surface area contributed by atoms with Crippen LogP contribution in [0.25, 0.3) is 5.69 Å². The Labute approximate surface area is 153 Å². The molecule has 0 aliphatic heterocycles. The molecule has 134 valence electrons. The van der Waals surface area contributed by atoms with Crippen LogP contribution in [-0.2, 0) is 4.74 Å². The molecule has 25 heavy (non-hydrogen) atoms. The van der Waals surface area contributed by atoms with Gasteiger partial charge in [-0.15, -0.1) is 0 Å². The predicted octanol–water partition coefficient (Wildman–Crippen LogP) is 3.85. The number of carbonyl (C=O) groups excluding carboxylic acids is 1. The fourth-order valence-electron chi connectivity index (χ4n) is 3.20. The van der Waals surface area contributed by atoms with Gasteiger partial charge in [0, 0.05) is 17.8 Å². The second-order valence-corrected chi connectivity index (χ2v) is 6.99. The van der Waals surface area contributed by atoms with E-state index in [9.17, 15) is 4.79 Å². The van der Waals surface area contributed by atoms with Crippen LogP contribution >= 0.6 is 11.6 Å². The molecular formula is C19H24ClN3O2. The number of rotatable bonds is 6. The molecule has 0 radical (unpaired) electrons. The molecule has 1 N–H and O–H groups in total. The lowest BCUT2D eigenvalue weighted by Crippen LogP contribution is -2.32. The normalized spacial score (nSPS) is 20.4. The third kappa shape index (κ3) is 4.83. The van der Waals surface area contributed by atoms with E-state index in [2.05, 4.69) is 17.3 Å². The Hall–Kier alpha value is -1.85. The Bertz CT molecular complexity index is 716. The number of amides is 1. The molecule has 5 nitrogen and oxygen atoms in total. The molecule has 2 unspecified atom stereocenters. The number of aromatic nitrogens is 2. The smallest absolute Gasteiger partial charge is 0.271 e. The third-order valence-electron chi connectivity index (χ3n) is 4.65. The standard InChI is InChI=1S/C19H24ClN3O2/c1-14-5-2-3-8-18(14)25-12-10-21-19(24)17-9-11-23(22-17)16-7-4-6-15(20)13-16/h4,6-7,9,11,13-14,18H,2-3,5,8,10,12H2,1H3,(H,21,24). The van der Waals surface area contributed by atoms with E-state index in [1.807, 2.05) is 12.1 Å². The van der Waals surface area contributed by atoms with Crippen LogP contribution in [0.4, 0.5) is 0 Å². The molecule has 1 aliphatic rings. The lowest BCUT2D eigenvalue weighted by Gasteiger charge is -2.28. The van der Waals surface area contributed by atoms with Gasteiger partial charge in [0.15, 0.2) is 5.69 Å². The monoisotopic (exact) mass is 361 g/mol. The first-order valence-corrected chi connectivity index (χ1v) is 9.22. The predicted molar refractivity (Wildman–Crippen MR) is 98.3 cm³/mol. The van der Waals surface area contributed by atoms with Gasteiger partial charge in [-0.2, -0.15) is 5.10 Å². The molecular weight excluding hydrogens is 338 g/mol. The Balaban J connectivity index is 1.47. The van der Waals surface area contributed by atoms with Gasteiger partial charge < -0.3 is 10.1 Å². The fraction of sp³-hybridized carbons (Fsp3) is 0.474. The van der Waals surface area contributed by atoms with Gasteiger partial charge in [-0.1, -0.05) is 37.4 Å². The van der Waals surface area contributed by atoms with E-state index >= 15 is 0 Å². The van der Waals surface area contributed by atoms with Crippen molar-refractivity contribution in [1.82, 2.24) is 15.1 Å². The molecule has 1 saturated carbocycles. The maximum atomic E-state index is 12.2. The molecule has 2 aromatic rings. The Kier molecular flexibility index (Phi) is 6.10. The minimum Gasteiger partial charge on any atom is -0.376 e. The molecule has 2 atom stereocenters. The summed E-state index contributed by atoms with van der Waals surface area (Å²) in [6, 6.07) is 9.04. The minimum absolute atomic E-state index is 0.193. The van der Waals surface area contributed by atoms with Crippen molar-refractivity contribution in [1.29, 1.82) is 0 Å². The van der Waals surface area contributed by atoms with Crippen LogP contribution in [0.5, 0.6) is 0 Å². The number of nitrogens with zero attached hydrogens (tertiary/aromatic N) is 2. The summed E-state index contributed by atoms with van der Waals surface area (Å²) in [5.74, 6) is 0.416. The number of nitrogens with one attached hydrogen (secondary N) is 1. The van der Waals surface area contributed by atoms with Gasteiger partial charge in [0.25, 0.3) is 5.91 Å². The molecule has 1 aromatic heterocycles. The number of hydrogen-bond donors (Lipinski definition) is 1. The van der Waals surface area contributed by atoms with Crippen molar-refractivity contribution in [3.63, 3.8) is 0 Å². The Morgan fingerprint density at radius 3 is 3.00 bits per heavy atom. The molecule has 3 rings (SSSR count). The number of hydrogen-bond acceptors (Lipinski definition) is 3. The van der Waals surface area contributed by atoms with Gasteiger partial charge in [-0.05, 0) is 43.0 Å². The largest absolute Gasteiger partial charge is 0.376 e. The summed E-state index contributed by atoms with van der Waals surface area (Å²) in [7, 11) is 0. The number of ether oxygens (including phenoxy) is 1. The zero-order valence-corrected chi connectivity index (χ0v) is 15.2. The molecule has 1 heterocycles. The van der Waals surface area contributed by atoms with Crippen molar-refractivity contribution in [2.45, 2.75) is 38.7 Å². The lowest BCUT2D eigenvalue weighted by molar-refractivity contribution is -0.00295. The van der Waals surface area contributed by atoms with Crippen LogP contribution in [0, 0.1) is 5.92 Å². The van der Waals surface area contributed by atoms with Crippen LogP contribution in [0.1, 0.15) is 43.1 Å². The molecule has 0 spiro atoms. The van der Waals surface area contributed by atoms with E-state index in [0.717, 1.165) is 12.1 Å². The number of benzene rings is 1. The van der Waals surface area contributed by atoms with Gasteiger partial charge in [-0.3, -0.25) is 4.79 Å².